The number of amides is 1. The summed E-state index contributed by atoms with van der Waals surface area (Å²) in [5.41, 5.74) is -0.954. The third-order valence-corrected chi connectivity index (χ3v) is 5.44. The van der Waals surface area contributed by atoms with Crippen LogP contribution in [0.15, 0.2) is 6.07 Å². The molecule has 1 aromatic heterocycles. The Morgan fingerprint density at radius 2 is 1.83 bits per heavy atom. The first-order valence-corrected chi connectivity index (χ1v) is 10.5. The number of nitrogens with one attached hydrogen (secondary N) is 1. The Morgan fingerprint density at radius 3 is 2.37 bits per heavy atom. The van der Waals surface area contributed by atoms with E-state index >= 15 is 0 Å². The van der Waals surface area contributed by atoms with Crippen LogP contribution in [-0.2, 0) is 11.0 Å². The molecule has 0 unspecified atom stereocenters. The number of rotatable bonds is 9. The summed E-state index contributed by atoms with van der Waals surface area (Å²) < 4.78 is 39.6. The molecule has 1 N–H and O–H groups in total. The van der Waals surface area contributed by atoms with Crippen molar-refractivity contribution in [2.75, 3.05) is 63.2 Å². The molecule has 1 saturated heterocycles. The molecular formula is C20H33F3N6O. The Kier molecular flexibility index (Phi) is 8.69. The van der Waals surface area contributed by atoms with Gasteiger partial charge in [0.1, 0.15) is 5.82 Å². The quantitative estimate of drug-likeness (QED) is 0.608. The fraction of sp³-hybridized carbons (Fsp3) is 0.750. The highest BCUT2D eigenvalue weighted by atomic mass is 19.4. The van der Waals surface area contributed by atoms with E-state index in [0.717, 1.165) is 32.1 Å². The number of hydrogen-bond donors (Lipinski definition) is 1. The Balaban J connectivity index is 1.91. The van der Waals surface area contributed by atoms with E-state index in [9.17, 15) is 18.0 Å². The van der Waals surface area contributed by atoms with Crippen LogP contribution in [0.3, 0.4) is 0 Å². The van der Waals surface area contributed by atoms with Crippen LogP contribution in [-0.4, -0.2) is 74.1 Å². The van der Waals surface area contributed by atoms with Gasteiger partial charge in [0.25, 0.3) is 0 Å². The Bertz CT molecular complexity index is 686. The van der Waals surface area contributed by atoms with E-state index in [1.54, 1.807) is 19.0 Å². The zero-order valence-electron chi connectivity index (χ0n) is 18.3. The number of alkyl halides is 3. The van der Waals surface area contributed by atoms with E-state index in [-0.39, 0.29) is 23.6 Å². The molecule has 30 heavy (non-hydrogen) atoms. The van der Waals surface area contributed by atoms with Crippen molar-refractivity contribution in [3.05, 3.63) is 11.8 Å². The zero-order chi connectivity index (χ0) is 22.3. The fourth-order valence-electron chi connectivity index (χ4n) is 3.48. The number of hydrogen-bond acceptors (Lipinski definition) is 6. The Labute approximate surface area is 176 Å². The van der Waals surface area contributed by atoms with Crippen LogP contribution in [0.2, 0.25) is 0 Å². The molecule has 1 aliphatic heterocycles. The first kappa shape index (κ1) is 24.2. The zero-order valence-corrected chi connectivity index (χ0v) is 18.3. The van der Waals surface area contributed by atoms with Gasteiger partial charge in [-0.15, -0.1) is 0 Å². The second kappa shape index (κ2) is 10.8. The Hall–Kier alpha value is -2.10. The van der Waals surface area contributed by atoms with Gasteiger partial charge < -0.3 is 20.0 Å². The molecule has 1 aliphatic rings. The van der Waals surface area contributed by atoms with E-state index in [2.05, 4.69) is 34.0 Å². The maximum atomic E-state index is 13.2. The molecule has 0 atom stereocenters. The van der Waals surface area contributed by atoms with E-state index in [1.165, 1.54) is 4.90 Å². The molecule has 1 amide bonds. The first-order valence-electron chi connectivity index (χ1n) is 10.5. The monoisotopic (exact) mass is 430 g/mol. The third kappa shape index (κ3) is 6.72. The second-order valence-corrected chi connectivity index (χ2v) is 7.74. The first-order chi connectivity index (χ1) is 14.2. The van der Waals surface area contributed by atoms with Crippen LogP contribution in [0.25, 0.3) is 0 Å². The van der Waals surface area contributed by atoms with E-state index in [4.69, 9.17) is 0 Å². The number of piperidine rings is 1. The van der Waals surface area contributed by atoms with Crippen molar-refractivity contribution >= 4 is 17.7 Å². The minimum Gasteiger partial charge on any atom is -0.363 e. The highest BCUT2D eigenvalue weighted by molar-refractivity contribution is 5.78. The summed E-state index contributed by atoms with van der Waals surface area (Å²) in [4.78, 5) is 26.0. The summed E-state index contributed by atoms with van der Waals surface area (Å²) in [6, 6.07) is 0.946. The van der Waals surface area contributed by atoms with Crippen LogP contribution >= 0.6 is 0 Å². The van der Waals surface area contributed by atoms with Gasteiger partial charge >= 0.3 is 6.18 Å². The van der Waals surface area contributed by atoms with Gasteiger partial charge in [-0.2, -0.15) is 18.2 Å². The molecule has 0 radical (unpaired) electrons. The predicted molar refractivity (Wildman–Crippen MR) is 112 cm³/mol. The van der Waals surface area contributed by atoms with Crippen LogP contribution in [0.5, 0.6) is 0 Å². The van der Waals surface area contributed by atoms with Crippen molar-refractivity contribution in [2.45, 2.75) is 39.3 Å². The molecule has 0 saturated carbocycles. The van der Waals surface area contributed by atoms with Gasteiger partial charge in [-0.1, -0.05) is 13.8 Å². The van der Waals surface area contributed by atoms with Crippen LogP contribution in [0, 0.1) is 5.92 Å². The standard InChI is InChI=1S/C20H33F3N6O/c1-5-28(6-2)11-7-10-24-18(30)15-8-12-29(13-9-15)19-25-16(20(21,22)23)14-17(26-19)27(3)4/h14-15H,5-13H2,1-4H3,(H,24,30). The summed E-state index contributed by atoms with van der Waals surface area (Å²) in [6.07, 6.45) is -2.50. The lowest BCUT2D eigenvalue weighted by Crippen LogP contribution is -2.42. The molecule has 7 nitrogen and oxygen atoms in total. The molecule has 0 aliphatic carbocycles. The molecule has 1 fully saturated rings. The summed E-state index contributed by atoms with van der Waals surface area (Å²) in [5, 5.41) is 2.99. The maximum absolute atomic E-state index is 13.2. The Morgan fingerprint density at radius 1 is 1.20 bits per heavy atom. The van der Waals surface area contributed by atoms with E-state index in [1.807, 2.05) is 0 Å². The van der Waals surface area contributed by atoms with Crippen molar-refractivity contribution in [1.29, 1.82) is 0 Å². The van der Waals surface area contributed by atoms with E-state index in [0.29, 0.717) is 32.5 Å². The van der Waals surface area contributed by atoms with Gasteiger partial charge in [0.2, 0.25) is 11.9 Å². The number of carbonyl (C=O) groups excluding carboxylic acids is 1. The van der Waals surface area contributed by atoms with Crippen molar-refractivity contribution in [2.24, 2.45) is 5.92 Å². The normalized spacial score (nSPS) is 15.5. The number of aromatic nitrogens is 2. The van der Waals surface area contributed by atoms with Gasteiger partial charge in [-0.3, -0.25) is 4.79 Å². The second-order valence-electron chi connectivity index (χ2n) is 7.74. The molecule has 10 heteroatoms. The topological polar surface area (TPSA) is 64.6 Å². The van der Waals surface area contributed by atoms with Crippen molar-refractivity contribution in [3.8, 4) is 0 Å². The van der Waals surface area contributed by atoms with Gasteiger partial charge in [0.05, 0.1) is 0 Å². The van der Waals surface area contributed by atoms with Crippen LogP contribution in [0.1, 0.15) is 38.8 Å². The number of nitrogens with zero attached hydrogens (tertiary/aromatic N) is 5. The predicted octanol–water partition coefficient (Wildman–Crippen LogP) is 2.63. The van der Waals surface area contributed by atoms with Crippen LogP contribution in [0.4, 0.5) is 24.9 Å². The SMILES string of the molecule is CCN(CC)CCCNC(=O)C1CCN(c2nc(N(C)C)cc(C(F)(F)F)n2)CC1. The van der Waals surface area contributed by atoms with Gasteiger partial charge in [-0.25, -0.2) is 4.98 Å². The summed E-state index contributed by atoms with van der Waals surface area (Å²) in [6.45, 7) is 8.71. The number of anilines is 2. The highest BCUT2D eigenvalue weighted by Crippen LogP contribution is 2.31. The fourth-order valence-corrected chi connectivity index (χ4v) is 3.48. The minimum absolute atomic E-state index is 0.0214. The van der Waals surface area contributed by atoms with Gasteiger partial charge in [0, 0.05) is 45.7 Å². The molecule has 0 aromatic carbocycles. The minimum atomic E-state index is -4.54. The lowest BCUT2D eigenvalue weighted by Gasteiger charge is -2.32. The lowest BCUT2D eigenvalue weighted by molar-refractivity contribution is -0.141. The summed E-state index contributed by atoms with van der Waals surface area (Å²) in [5.74, 6) is 0.161. The van der Waals surface area contributed by atoms with Gasteiger partial charge in [-0.05, 0) is 38.9 Å². The number of carbonyl (C=O) groups is 1. The number of halogens is 3. The molecule has 170 valence electrons. The van der Waals surface area contributed by atoms with Gasteiger partial charge in [0.15, 0.2) is 5.69 Å². The van der Waals surface area contributed by atoms with Crippen LogP contribution < -0.4 is 15.1 Å². The highest BCUT2D eigenvalue weighted by Gasteiger charge is 2.35. The molecule has 1 aromatic rings. The average molecular weight is 431 g/mol. The van der Waals surface area contributed by atoms with Crippen molar-refractivity contribution in [3.63, 3.8) is 0 Å². The maximum Gasteiger partial charge on any atom is 0.433 e. The third-order valence-electron chi connectivity index (χ3n) is 5.44. The molecule has 0 spiro atoms. The molecular weight excluding hydrogens is 397 g/mol. The molecule has 2 rings (SSSR count). The largest absolute Gasteiger partial charge is 0.433 e. The molecule has 2 heterocycles. The summed E-state index contributed by atoms with van der Waals surface area (Å²) in [7, 11) is 3.28. The van der Waals surface area contributed by atoms with Crippen molar-refractivity contribution in [1.82, 2.24) is 20.2 Å². The smallest absolute Gasteiger partial charge is 0.363 e. The van der Waals surface area contributed by atoms with Crippen molar-refractivity contribution < 1.29 is 18.0 Å². The van der Waals surface area contributed by atoms with E-state index < -0.39 is 11.9 Å². The summed E-state index contributed by atoms with van der Waals surface area (Å²) >= 11 is 0. The lowest BCUT2D eigenvalue weighted by atomic mass is 9.96. The molecule has 0 bridgehead atoms. The average Bonchev–Trinajstić information content (AvgIpc) is 2.72.